The molecule has 0 atom stereocenters. The van der Waals surface area contributed by atoms with Gasteiger partial charge in [0, 0.05) is 12.2 Å². The Balaban J connectivity index is 2.08. The van der Waals surface area contributed by atoms with Crippen molar-refractivity contribution < 1.29 is 13.2 Å². The molecule has 1 aliphatic heterocycles. The van der Waals surface area contributed by atoms with Gasteiger partial charge in [0.25, 0.3) is 0 Å². The van der Waals surface area contributed by atoms with Crippen LogP contribution >= 0.6 is 0 Å². The second-order valence-electron chi connectivity index (χ2n) is 4.76. The molecular formula is C13H17F3N2. The maximum atomic E-state index is 12.5. The Labute approximate surface area is 105 Å². The Morgan fingerprint density at radius 2 is 1.78 bits per heavy atom. The number of nitrogens with two attached hydrogens (primary N) is 1. The lowest BCUT2D eigenvalue weighted by atomic mass is 10.1. The van der Waals surface area contributed by atoms with Crippen molar-refractivity contribution in [3.05, 3.63) is 29.3 Å². The van der Waals surface area contributed by atoms with Crippen molar-refractivity contribution in [3.8, 4) is 0 Å². The van der Waals surface area contributed by atoms with E-state index in [1.54, 1.807) is 0 Å². The van der Waals surface area contributed by atoms with Crippen molar-refractivity contribution in [2.75, 3.05) is 18.8 Å². The van der Waals surface area contributed by atoms with Gasteiger partial charge in [-0.3, -0.25) is 4.90 Å². The van der Waals surface area contributed by atoms with E-state index in [0.29, 0.717) is 6.54 Å². The monoisotopic (exact) mass is 258 g/mol. The van der Waals surface area contributed by atoms with Crippen LogP contribution in [0.15, 0.2) is 18.2 Å². The molecule has 0 aromatic heterocycles. The number of piperidine rings is 1. The van der Waals surface area contributed by atoms with E-state index in [-0.39, 0.29) is 5.69 Å². The first-order valence-corrected chi connectivity index (χ1v) is 6.15. The van der Waals surface area contributed by atoms with E-state index in [1.165, 1.54) is 18.6 Å². The van der Waals surface area contributed by atoms with Gasteiger partial charge >= 0.3 is 6.18 Å². The Morgan fingerprint density at radius 3 is 2.33 bits per heavy atom. The number of likely N-dealkylation sites (tertiary alicyclic amines) is 1. The van der Waals surface area contributed by atoms with Gasteiger partial charge in [-0.05, 0) is 43.6 Å². The zero-order valence-electron chi connectivity index (χ0n) is 10.1. The largest absolute Gasteiger partial charge is 0.418 e. The maximum absolute atomic E-state index is 12.5. The van der Waals surface area contributed by atoms with E-state index in [0.717, 1.165) is 37.6 Å². The minimum Gasteiger partial charge on any atom is -0.398 e. The van der Waals surface area contributed by atoms with Crippen molar-refractivity contribution in [2.45, 2.75) is 32.0 Å². The fraction of sp³-hybridized carbons (Fsp3) is 0.538. The van der Waals surface area contributed by atoms with Gasteiger partial charge < -0.3 is 5.73 Å². The zero-order chi connectivity index (χ0) is 13.2. The minimum atomic E-state index is -4.37. The molecule has 0 saturated carbocycles. The highest BCUT2D eigenvalue weighted by atomic mass is 19.4. The van der Waals surface area contributed by atoms with Crippen LogP contribution < -0.4 is 5.73 Å². The summed E-state index contributed by atoms with van der Waals surface area (Å²) in [6, 6.07) is 4.04. The molecule has 1 saturated heterocycles. The van der Waals surface area contributed by atoms with Gasteiger partial charge in [0.05, 0.1) is 5.56 Å². The third-order valence-corrected chi connectivity index (χ3v) is 3.28. The van der Waals surface area contributed by atoms with Crippen molar-refractivity contribution in [1.29, 1.82) is 0 Å². The summed E-state index contributed by atoms with van der Waals surface area (Å²) >= 11 is 0. The predicted octanol–water partition coefficient (Wildman–Crippen LogP) is 3.27. The molecule has 0 spiro atoms. The standard InChI is InChI=1S/C13H17F3N2/c14-13(15,16)11-5-4-10(8-12(11)17)9-18-6-2-1-3-7-18/h4-5,8H,1-3,6-7,9,17H2. The number of halogens is 3. The van der Waals surface area contributed by atoms with Crippen LogP contribution in [0.3, 0.4) is 0 Å². The molecule has 0 unspecified atom stereocenters. The molecule has 18 heavy (non-hydrogen) atoms. The van der Waals surface area contributed by atoms with Crippen LogP contribution in [-0.2, 0) is 12.7 Å². The first-order chi connectivity index (χ1) is 8.47. The molecule has 1 heterocycles. The number of hydrogen-bond acceptors (Lipinski definition) is 2. The van der Waals surface area contributed by atoms with Crippen LogP contribution in [0.25, 0.3) is 0 Å². The summed E-state index contributed by atoms with van der Waals surface area (Å²) in [5.74, 6) is 0. The first kappa shape index (κ1) is 13.2. The van der Waals surface area contributed by atoms with Gasteiger partial charge in [-0.15, -0.1) is 0 Å². The van der Waals surface area contributed by atoms with Gasteiger partial charge in [0.2, 0.25) is 0 Å². The fourth-order valence-electron chi connectivity index (χ4n) is 2.34. The number of rotatable bonds is 2. The molecule has 2 nitrogen and oxygen atoms in total. The third kappa shape index (κ3) is 3.16. The van der Waals surface area contributed by atoms with Crippen molar-refractivity contribution in [2.24, 2.45) is 0 Å². The summed E-state index contributed by atoms with van der Waals surface area (Å²) in [5, 5.41) is 0. The molecule has 2 rings (SSSR count). The predicted molar refractivity (Wildman–Crippen MR) is 65.0 cm³/mol. The maximum Gasteiger partial charge on any atom is 0.418 e. The van der Waals surface area contributed by atoms with Crippen LogP contribution in [0.4, 0.5) is 18.9 Å². The van der Waals surface area contributed by atoms with Gasteiger partial charge in [-0.1, -0.05) is 12.5 Å². The highest BCUT2D eigenvalue weighted by Gasteiger charge is 2.32. The van der Waals surface area contributed by atoms with Gasteiger partial charge in [0.1, 0.15) is 0 Å². The number of nitrogens with zero attached hydrogens (tertiary/aromatic N) is 1. The lowest BCUT2D eigenvalue weighted by molar-refractivity contribution is -0.136. The Hall–Kier alpha value is -1.23. The van der Waals surface area contributed by atoms with E-state index in [2.05, 4.69) is 4.90 Å². The topological polar surface area (TPSA) is 29.3 Å². The zero-order valence-corrected chi connectivity index (χ0v) is 10.1. The second kappa shape index (κ2) is 5.18. The lowest BCUT2D eigenvalue weighted by Crippen LogP contribution is -2.29. The Morgan fingerprint density at radius 1 is 1.11 bits per heavy atom. The summed E-state index contributed by atoms with van der Waals surface area (Å²) in [7, 11) is 0. The number of alkyl halides is 3. The minimum absolute atomic E-state index is 0.183. The molecule has 0 bridgehead atoms. The summed E-state index contributed by atoms with van der Waals surface area (Å²) in [6.07, 6.45) is -0.800. The van der Waals surface area contributed by atoms with Crippen molar-refractivity contribution >= 4 is 5.69 Å². The lowest BCUT2D eigenvalue weighted by Gasteiger charge is -2.26. The molecule has 5 heteroatoms. The highest BCUT2D eigenvalue weighted by Crippen LogP contribution is 2.34. The SMILES string of the molecule is Nc1cc(CN2CCCCC2)ccc1C(F)(F)F. The number of benzene rings is 1. The molecule has 1 aromatic carbocycles. The first-order valence-electron chi connectivity index (χ1n) is 6.15. The summed E-state index contributed by atoms with van der Waals surface area (Å²) < 4.78 is 37.6. The van der Waals surface area contributed by atoms with E-state index in [4.69, 9.17) is 5.73 Å². The van der Waals surface area contributed by atoms with Crippen molar-refractivity contribution in [3.63, 3.8) is 0 Å². The summed E-state index contributed by atoms with van der Waals surface area (Å²) in [4.78, 5) is 2.26. The third-order valence-electron chi connectivity index (χ3n) is 3.28. The Bertz CT molecular complexity index is 409. The fourth-order valence-corrected chi connectivity index (χ4v) is 2.34. The van der Waals surface area contributed by atoms with Crippen LogP contribution in [-0.4, -0.2) is 18.0 Å². The van der Waals surface area contributed by atoms with Crippen LogP contribution in [0.2, 0.25) is 0 Å². The van der Waals surface area contributed by atoms with Crippen LogP contribution in [0.1, 0.15) is 30.4 Å². The molecule has 1 aromatic rings. The van der Waals surface area contributed by atoms with Crippen molar-refractivity contribution in [1.82, 2.24) is 4.90 Å². The van der Waals surface area contributed by atoms with Crippen LogP contribution in [0, 0.1) is 0 Å². The molecule has 1 aliphatic rings. The molecule has 2 N–H and O–H groups in total. The van der Waals surface area contributed by atoms with Gasteiger partial charge in [-0.25, -0.2) is 0 Å². The quantitative estimate of drug-likeness (QED) is 0.825. The number of nitrogen functional groups attached to an aromatic ring is 1. The van der Waals surface area contributed by atoms with Crippen LogP contribution in [0.5, 0.6) is 0 Å². The van der Waals surface area contributed by atoms with Gasteiger partial charge in [0.15, 0.2) is 0 Å². The molecule has 1 fully saturated rings. The second-order valence-corrected chi connectivity index (χ2v) is 4.76. The molecule has 0 aliphatic carbocycles. The number of hydrogen-bond donors (Lipinski definition) is 1. The normalized spacial score (nSPS) is 17.9. The smallest absolute Gasteiger partial charge is 0.398 e. The van der Waals surface area contributed by atoms with E-state index >= 15 is 0 Å². The average molecular weight is 258 g/mol. The van der Waals surface area contributed by atoms with E-state index < -0.39 is 11.7 Å². The Kier molecular flexibility index (Phi) is 3.80. The highest BCUT2D eigenvalue weighted by molar-refractivity contribution is 5.50. The van der Waals surface area contributed by atoms with E-state index in [9.17, 15) is 13.2 Å². The van der Waals surface area contributed by atoms with E-state index in [1.807, 2.05) is 0 Å². The molecule has 0 radical (unpaired) electrons. The number of anilines is 1. The molecule has 100 valence electrons. The summed E-state index contributed by atoms with van der Waals surface area (Å²) in [5.41, 5.74) is 5.39. The van der Waals surface area contributed by atoms with Gasteiger partial charge in [-0.2, -0.15) is 13.2 Å². The average Bonchev–Trinajstić information content (AvgIpc) is 2.28. The molecular weight excluding hydrogens is 241 g/mol. The molecule has 0 amide bonds. The summed E-state index contributed by atoms with van der Waals surface area (Å²) in [6.45, 7) is 2.71.